The number of aliphatic hydroxyl groups excluding tert-OH is 1. The number of aromatic nitrogens is 3. The highest BCUT2D eigenvalue weighted by molar-refractivity contribution is 5.68. The molecule has 0 aromatic carbocycles. The fraction of sp³-hybridized carbons (Fsp3) is 0.400. The molecule has 2 aromatic rings. The summed E-state index contributed by atoms with van der Waals surface area (Å²) in [5.41, 5.74) is 0.802. The van der Waals surface area contributed by atoms with Crippen molar-refractivity contribution in [1.29, 1.82) is 0 Å². The Hall–Kier alpha value is -1.62. The maximum absolute atomic E-state index is 9.23. The van der Waals surface area contributed by atoms with Gasteiger partial charge in [0.15, 0.2) is 5.82 Å². The van der Waals surface area contributed by atoms with Gasteiger partial charge in [-0.05, 0) is 18.9 Å². The smallest absolute Gasteiger partial charge is 0.152 e. The molecule has 1 fully saturated rings. The van der Waals surface area contributed by atoms with Crippen molar-refractivity contribution in [2.75, 3.05) is 11.9 Å². The first-order valence-corrected chi connectivity index (χ1v) is 5.00. The molecular weight excluding hydrogens is 192 g/mol. The molecule has 0 aliphatic heterocycles. The van der Waals surface area contributed by atoms with Gasteiger partial charge in [-0.25, -0.2) is 9.50 Å². The van der Waals surface area contributed by atoms with Gasteiger partial charge in [-0.2, -0.15) is 5.10 Å². The highest BCUT2D eigenvalue weighted by Gasteiger charge is 2.42. The van der Waals surface area contributed by atoms with E-state index in [-0.39, 0.29) is 12.1 Å². The first-order chi connectivity index (χ1) is 7.33. The predicted octanol–water partition coefficient (Wildman–Crippen LogP) is 0.666. The molecule has 3 rings (SSSR count). The van der Waals surface area contributed by atoms with Crippen LogP contribution in [-0.4, -0.2) is 31.9 Å². The van der Waals surface area contributed by atoms with Gasteiger partial charge in [0.2, 0.25) is 0 Å². The van der Waals surface area contributed by atoms with Crippen molar-refractivity contribution in [2.45, 2.75) is 18.4 Å². The van der Waals surface area contributed by atoms with Gasteiger partial charge in [0.1, 0.15) is 5.52 Å². The minimum atomic E-state index is -0.140. The summed E-state index contributed by atoms with van der Waals surface area (Å²) in [5.74, 6) is 0.793. The Morgan fingerprint density at radius 2 is 2.33 bits per heavy atom. The third kappa shape index (κ3) is 1.35. The fourth-order valence-corrected chi connectivity index (χ4v) is 1.68. The molecule has 0 saturated heterocycles. The second-order valence-electron chi connectivity index (χ2n) is 4.00. The van der Waals surface area contributed by atoms with Crippen LogP contribution in [-0.2, 0) is 0 Å². The van der Waals surface area contributed by atoms with Crippen LogP contribution in [0.1, 0.15) is 12.8 Å². The summed E-state index contributed by atoms with van der Waals surface area (Å²) in [7, 11) is 0. The van der Waals surface area contributed by atoms with Crippen LogP contribution < -0.4 is 5.32 Å². The molecule has 2 aromatic heterocycles. The van der Waals surface area contributed by atoms with Crippen molar-refractivity contribution < 1.29 is 5.11 Å². The second kappa shape index (κ2) is 2.93. The third-order valence-corrected chi connectivity index (χ3v) is 2.86. The van der Waals surface area contributed by atoms with Crippen molar-refractivity contribution in [2.24, 2.45) is 0 Å². The van der Waals surface area contributed by atoms with Crippen molar-refractivity contribution in [1.82, 2.24) is 14.6 Å². The number of anilines is 1. The van der Waals surface area contributed by atoms with Gasteiger partial charge in [-0.15, -0.1) is 0 Å². The Morgan fingerprint density at radius 3 is 3.07 bits per heavy atom. The van der Waals surface area contributed by atoms with Gasteiger partial charge in [0.25, 0.3) is 0 Å². The first kappa shape index (κ1) is 8.67. The molecule has 0 spiro atoms. The largest absolute Gasteiger partial charge is 0.394 e. The average Bonchev–Trinajstić information content (AvgIpc) is 2.87. The summed E-state index contributed by atoms with van der Waals surface area (Å²) in [6, 6.07) is 1.91. The molecule has 5 nitrogen and oxygen atoms in total. The first-order valence-electron chi connectivity index (χ1n) is 5.00. The SMILES string of the molecule is OCC1(Nc2nccn3nccc23)CC1. The van der Waals surface area contributed by atoms with Gasteiger partial charge in [-0.1, -0.05) is 0 Å². The summed E-state index contributed by atoms with van der Waals surface area (Å²) in [5, 5.41) is 16.6. The Morgan fingerprint density at radius 1 is 1.47 bits per heavy atom. The fourth-order valence-electron chi connectivity index (χ4n) is 1.68. The Balaban J connectivity index is 2.00. The maximum Gasteiger partial charge on any atom is 0.152 e. The van der Waals surface area contributed by atoms with Crippen LogP contribution >= 0.6 is 0 Å². The summed E-state index contributed by atoms with van der Waals surface area (Å²) in [4.78, 5) is 4.27. The van der Waals surface area contributed by atoms with Crippen LogP contribution in [0.4, 0.5) is 5.82 Å². The molecule has 0 bridgehead atoms. The van der Waals surface area contributed by atoms with Crippen LogP contribution in [0.15, 0.2) is 24.7 Å². The zero-order chi connectivity index (χ0) is 10.3. The van der Waals surface area contributed by atoms with Crippen molar-refractivity contribution in [3.05, 3.63) is 24.7 Å². The van der Waals surface area contributed by atoms with Crippen molar-refractivity contribution in [3.8, 4) is 0 Å². The summed E-state index contributed by atoms with van der Waals surface area (Å²) >= 11 is 0. The van der Waals surface area contributed by atoms with Gasteiger partial charge < -0.3 is 10.4 Å². The van der Waals surface area contributed by atoms with E-state index in [0.717, 1.165) is 24.2 Å². The predicted molar refractivity (Wildman–Crippen MR) is 55.7 cm³/mol. The summed E-state index contributed by atoms with van der Waals surface area (Å²) < 4.78 is 1.77. The van der Waals surface area contributed by atoms with E-state index in [1.807, 2.05) is 6.07 Å². The molecule has 1 saturated carbocycles. The highest BCUT2D eigenvalue weighted by atomic mass is 16.3. The van der Waals surface area contributed by atoms with Crippen LogP contribution in [0.3, 0.4) is 0 Å². The topological polar surface area (TPSA) is 62.5 Å². The Labute approximate surface area is 86.8 Å². The molecule has 1 aliphatic rings. The number of nitrogens with zero attached hydrogens (tertiary/aromatic N) is 3. The van der Waals surface area contributed by atoms with Gasteiger partial charge >= 0.3 is 0 Å². The minimum absolute atomic E-state index is 0.140. The molecule has 2 heterocycles. The normalized spacial score (nSPS) is 17.9. The number of hydrogen-bond donors (Lipinski definition) is 2. The van der Waals surface area contributed by atoms with Crippen LogP contribution in [0, 0.1) is 0 Å². The second-order valence-corrected chi connectivity index (χ2v) is 4.00. The summed E-state index contributed by atoms with van der Waals surface area (Å²) in [6.45, 7) is 0.157. The van der Waals surface area contributed by atoms with E-state index in [2.05, 4.69) is 15.4 Å². The molecule has 15 heavy (non-hydrogen) atoms. The zero-order valence-corrected chi connectivity index (χ0v) is 8.22. The third-order valence-electron chi connectivity index (χ3n) is 2.86. The van der Waals surface area contributed by atoms with Crippen LogP contribution in [0.25, 0.3) is 5.52 Å². The lowest BCUT2D eigenvalue weighted by Crippen LogP contribution is -2.26. The molecule has 0 radical (unpaired) electrons. The Kier molecular flexibility index (Phi) is 1.70. The lowest BCUT2D eigenvalue weighted by Gasteiger charge is -2.15. The number of nitrogens with one attached hydrogen (secondary N) is 1. The number of aliphatic hydroxyl groups is 1. The maximum atomic E-state index is 9.23. The number of fused-ring (bicyclic) bond motifs is 1. The molecule has 2 N–H and O–H groups in total. The lowest BCUT2D eigenvalue weighted by molar-refractivity contribution is 0.266. The van der Waals surface area contributed by atoms with Crippen molar-refractivity contribution in [3.63, 3.8) is 0 Å². The molecule has 5 heteroatoms. The quantitative estimate of drug-likeness (QED) is 0.771. The number of hydrogen-bond acceptors (Lipinski definition) is 4. The van der Waals surface area contributed by atoms with Gasteiger partial charge in [0.05, 0.1) is 18.3 Å². The summed E-state index contributed by atoms with van der Waals surface area (Å²) in [6.07, 6.45) is 7.25. The Bertz CT molecular complexity index is 489. The minimum Gasteiger partial charge on any atom is -0.394 e. The van der Waals surface area contributed by atoms with Crippen LogP contribution in [0.2, 0.25) is 0 Å². The lowest BCUT2D eigenvalue weighted by atomic mass is 10.3. The standard InChI is InChI=1S/C10H12N4O/c15-7-10(2-3-10)13-9-8-1-4-12-14(8)6-5-11-9/h1,4-6,15H,2-3,7H2,(H,11,13). The van der Waals surface area contributed by atoms with E-state index in [1.165, 1.54) is 0 Å². The number of rotatable bonds is 3. The molecule has 78 valence electrons. The monoisotopic (exact) mass is 204 g/mol. The van der Waals surface area contributed by atoms with Gasteiger partial charge in [-0.3, -0.25) is 0 Å². The molecule has 1 aliphatic carbocycles. The van der Waals surface area contributed by atoms with Gasteiger partial charge in [0, 0.05) is 12.4 Å². The molecule has 0 atom stereocenters. The highest BCUT2D eigenvalue weighted by Crippen LogP contribution is 2.38. The van der Waals surface area contributed by atoms with Crippen LogP contribution in [0.5, 0.6) is 0 Å². The van der Waals surface area contributed by atoms with E-state index in [9.17, 15) is 5.11 Å². The van der Waals surface area contributed by atoms with E-state index < -0.39 is 0 Å². The van der Waals surface area contributed by atoms with E-state index in [1.54, 1.807) is 23.1 Å². The van der Waals surface area contributed by atoms with E-state index in [0.29, 0.717) is 0 Å². The molecule has 0 amide bonds. The molecular formula is C10H12N4O. The van der Waals surface area contributed by atoms with E-state index in [4.69, 9.17) is 0 Å². The molecule has 0 unspecified atom stereocenters. The van der Waals surface area contributed by atoms with Crippen molar-refractivity contribution >= 4 is 11.3 Å². The average molecular weight is 204 g/mol. The van der Waals surface area contributed by atoms with E-state index >= 15 is 0 Å². The zero-order valence-electron chi connectivity index (χ0n) is 8.22.